The minimum atomic E-state index is 0. The highest BCUT2D eigenvalue weighted by atomic mass is 127. The Hall–Kier alpha value is -1.62. The van der Waals surface area contributed by atoms with Crippen molar-refractivity contribution in [1.29, 1.82) is 0 Å². The van der Waals surface area contributed by atoms with Crippen LogP contribution < -0.4 is 10.6 Å². The first kappa shape index (κ1) is 26.0. The Balaban J connectivity index is 0.00000306. The fourth-order valence-electron chi connectivity index (χ4n) is 4.75. The van der Waals surface area contributed by atoms with Crippen LogP contribution in [0.5, 0.6) is 0 Å². The van der Waals surface area contributed by atoms with Crippen LogP contribution in [0.15, 0.2) is 51.9 Å². The average Bonchev–Trinajstić information content (AvgIpc) is 3.39. The number of ether oxygens (including phenoxy) is 1. The van der Waals surface area contributed by atoms with Gasteiger partial charge in [-0.3, -0.25) is 14.8 Å². The summed E-state index contributed by atoms with van der Waals surface area (Å²) >= 11 is 0. The Kier molecular flexibility index (Phi) is 10.0. The van der Waals surface area contributed by atoms with Crippen LogP contribution in [0.2, 0.25) is 0 Å². The number of morpholine rings is 1. The van der Waals surface area contributed by atoms with Crippen LogP contribution >= 0.6 is 24.0 Å². The Morgan fingerprint density at radius 1 is 1.15 bits per heavy atom. The molecule has 33 heavy (non-hydrogen) atoms. The minimum absolute atomic E-state index is 0. The number of hydrogen-bond donors (Lipinski definition) is 2. The maximum atomic E-state index is 5.99. The molecule has 0 aliphatic carbocycles. The molecule has 3 atom stereocenters. The van der Waals surface area contributed by atoms with E-state index in [0.29, 0.717) is 12.1 Å². The van der Waals surface area contributed by atoms with Crippen molar-refractivity contribution in [2.24, 2.45) is 4.99 Å². The van der Waals surface area contributed by atoms with E-state index < -0.39 is 0 Å². The molecule has 2 aromatic rings. The molecule has 2 aliphatic heterocycles. The summed E-state index contributed by atoms with van der Waals surface area (Å²) in [6, 6.07) is 15.9. The molecule has 1 aromatic heterocycles. The van der Waals surface area contributed by atoms with Crippen molar-refractivity contribution in [2.75, 3.05) is 46.4 Å². The van der Waals surface area contributed by atoms with Crippen LogP contribution in [0.1, 0.15) is 36.5 Å². The van der Waals surface area contributed by atoms with E-state index in [2.05, 4.69) is 68.7 Å². The van der Waals surface area contributed by atoms with Gasteiger partial charge in [-0.1, -0.05) is 30.3 Å². The molecule has 8 heteroatoms. The van der Waals surface area contributed by atoms with Gasteiger partial charge in [-0.05, 0) is 38.0 Å². The molecule has 182 valence electrons. The standard InChI is InChI=1S/C25H37N5O2.HI/c1-19-15-22(18-30(19)17-21-7-5-4-6-8-21)28-25(26-3)27-16-23(24-10-9-20(2)32-24)29-11-13-31-14-12-29;/h4-10,19,22-23H,11-18H2,1-3H3,(H2,26,27,28);1H. The van der Waals surface area contributed by atoms with Crippen LogP contribution in [0.25, 0.3) is 0 Å². The van der Waals surface area contributed by atoms with Gasteiger partial charge in [0.2, 0.25) is 0 Å². The van der Waals surface area contributed by atoms with Crippen molar-refractivity contribution in [2.45, 2.75) is 44.9 Å². The lowest BCUT2D eigenvalue weighted by Gasteiger charge is -2.33. The van der Waals surface area contributed by atoms with Crippen molar-refractivity contribution in [1.82, 2.24) is 20.4 Å². The van der Waals surface area contributed by atoms with Crippen LogP contribution in [0.3, 0.4) is 0 Å². The Labute approximate surface area is 215 Å². The first-order chi connectivity index (χ1) is 15.6. The Bertz CT molecular complexity index is 869. The average molecular weight is 568 g/mol. The lowest BCUT2D eigenvalue weighted by molar-refractivity contribution is 0.0124. The molecule has 0 saturated carbocycles. The second-order valence-electron chi connectivity index (χ2n) is 8.91. The molecule has 0 bridgehead atoms. The monoisotopic (exact) mass is 567 g/mol. The smallest absolute Gasteiger partial charge is 0.191 e. The number of furan rings is 1. The molecule has 7 nitrogen and oxygen atoms in total. The Morgan fingerprint density at radius 2 is 1.91 bits per heavy atom. The third kappa shape index (κ3) is 7.18. The molecule has 2 N–H and O–H groups in total. The lowest BCUT2D eigenvalue weighted by Crippen LogP contribution is -2.48. The number of hydrogen-bond acceptors (Lipinski definition) is 5. The van der Waals surface area contributed by atoms with Crippen molar-refractivity contribution < 1.29 is 9.15 Å². The van der Waals surface area contributed by atoms with Gasteiger partial charge in [0, 0.05) is 51.9 Å². The molecular formula is C25H38IN5O2. The van der Waals surface area contributed by atoms with Gasteiger partial charge in [-0.2, -0.15) is 0 Å². The molecule has 2 saturated heterocycles. The quantitative estimate of drug-likeness (QED) is 0.304. The third-order valence-electron chi connectivity index (χ3n) is 6.54. The van der Waals surface area contributed by atoms with E-state index in [9.17, 15) is 0 Å². The summed E-state index contributed by atoms with van der Waals surface area (Å²) in [5.41, 5.74) is 1.37. The first-order valence-electron chi connectivity index (χ1n) is 11.8. The normalized spacial score (nSPS) is 23.2. The second kappa shape index (κ2) is 12.7. The minimum Gasteiger partial charge on any atom is -0.465 e. The highest BCUT2D eigenvalue weighted by Crippen LogP contribution is 2.24. The van der Waals surface area contributed by atoms with E-state index in [1.807, 2.05) is 20.0 Å². The molecule has 3 heterocycles. The largest absolute Gasteiger partial charge is 0.465 e. The van der Waals surface area contributed by atoms with Crippen LogP contribution in [-0.2, 0) is 11.3 Å². The third-order valence-corrected chi connectivity index (χ3v) is 6.54. The summed E-state index contributed by atoms with van der Waals surface area (Å²) in [5, 5.41) is 7.21. The van der Waals surface area contributed by atoms with Gasteiger partial charge in [0.25, 0.3) is 0 Å². The molecule has 1 aromatic carbocycles. The second-order valence-corrected chi connectivity index (χ2v) is 8.91. The zero-order chi connectivity index (χ0) is 22.3. The zero-order valence-electron chi connectivity index (χ0n) is 20.0. The van der Waals surface area contributed by atoms with Gasteiger partial charge >= 0.3 is 0 Å². The number of aryl methyl sites for hydroxylation is 1. The maximum Gasteiger partial charge on any atom is 0.191 e. The van der Waals surface area contributed by atoms with Crippen LogP contribution in [0, 0.1) is 6.92 Å². The molecule has 4 rings (SSSR count). The summed E-state index contributed by atoms with van der Waals surface area (Å²) in [4.78, 5) is 9.48. The van der Waals surface area contributed by atoms with Crippen molar-refractivity contribution in [3.8, 4) is 0 Å². The zero-order valence-corrected chi connectivity index (χ0v) is 22.3. The van der Waals surface area contributed by atoms with E-state index in [1.165, 1.54) is 5.56 Å². The molecule has 2 aliphatic rings. The van der Waals surface area contributed by atoms with E-state index in [4.69, 9.17) is 9.15 Å². The predicted octanol–water partition coefficient (Wildman–Crippen LogP) is 3.41. The van der Waals surface area contributed by atoms with Crippen molar-refractivity contribution >= 4 is 29.9 Å². The van der Waals surface area contributed by atoms with Gasteiger partial charge in [0.15, 0.2) is 5.96 Å². The first-order valence-corrected chi connectivity index (χ1v) is 11.8. The molecule has 0 spiro atoms. The maximum absolute atomic E-state index is 5.99. The number of guanidine groups is 1. The van der Waals surface area contributed by atoms with Crippen LogP contribution in [-0.4, -0.2) is 74.3 Å². The summed E-state index contributed by atoms with van der Waals surface area (Å²) in [7, 11) is 1.84. The van der Waals surface area contributed by atoms with Gasteiger partial charge < -0.3 is 19.8 Å². The van der Waals surface area contributed by atoms with E-state index in [0.717, 1.165) is 69.8 Å². The van der Waals surface area contributed by atoms with E-state index >= 15 is 0 Å². The van der Waals surface area contributed by atoms with Gasteiger partial charge in [-0.15, -0.1) is 24.0 Å². The number of nitrogens with one attached hydrogen (secondary N) is 2. The van der Waals surface area contributed by atoms with Crippen molar-refractivity contribution in [3.63, 3.8) is 0 Å². The van der Waals surface area contributed by atoms with E-state index in [1.54, 1.807) is 0 Å². The molecular weight excluding hydrogens is 529 g/mol. The summed E-state index contributed by atoms with van der Waals surface area (Å²) < 4.78 is 11.5. The number of rotatable bonds is 7. The van der Waals surface area contributed by atoms with E-state index in [-0.39, 0.29) is 30.0 Å². The Morgan fingerprint density at radius 3 is 2.58 bits per heavy atom. The van der Waals surface area contributed by atoms with Crippen molar-refractivity contribution in [3.05, 3.63) is 59.5 Å². The van der Waals surface area contributed by atoms with Gasteiger partial charge in [0.1, 0.15) is 11.5 Å². The topological polar surface area (TPSA) is 65.3 Å². The number of benzene rings is 1. The van der Waals surface area contributed by atoms with Gasteiger partial charge in [-0.25, -0.2) is 0 Å². The number of likely N-dealkylation sites (tertiary alicyclic amines) is 1. The molecule has 0 radical (unpaired) electrons. The fourth-order valence-corrected chi connectivity index (χ4v) is 4.75. The molecule has 2 fully saturated rings. The lowest BCUT2D eigenvalue weighted by atomic mass is 10.1. The number of aliphatic imine (C=N–C) groups is 1. The summed E-state index contributed by atoms with van der Waals surface area (Å²) in [6.07, 6.45) is 1.11. The summed E-state index contributed by atoms with van der Waals surface area (Å²) in [5.74, 6) is 2.79. The number of nitrogens with zero attached hydrogens (tertiary/aromatic N) is 3. The molecule has 3 unspecified atom stereocenters. The SMILES string of the molecule is CN=C(NCC(c1ccc(C)o1)N1CCOCC1)NC1CC(C)N(Cc2ccccc2)C1.I. The molecule has 0 amide bonds. The fraction of sp³-hybridized carbons (Fsp3) is 0.560. The van der Waals surface area contributed by atoms with Gasteiger partial charge in [0.05, 0.1) is 19.3 Å². The highest BCUT2D eigenvalue weighted by molar-refractivity contribution is 14.0. The predicted molar refractivity (Wildman–Crippen MR) is 143 cm³/mol. The van der Waals surface area contributed by atoms with Crippen LogP contribution in [0.4, 0.5) is 0 Å². The highest BCUT2D eigenvalue weighted by Gasteiger charge is 2.30. The number of halogens is 1. The summed E-state index contributed by atoms with van der Waals surface area (Å²) in [6.45, 7) is 10.4.